The third-order valence-corrected chi connectivity index (χ3v) is 3.97. The van der Waals surface area contributed by atoms with Crippen LogP contribution in [-0.2, 0) is 0 Å². The maximum absolute atomic E-state index is 9.89. The van der Waals surface area contributed by atoms with Gasteiger partial charge in [0.25, 0.3) is 0 Å². The second-order valence-corrected chi connectivity index (χ2v) is 6.11. The van der Waals surface area contributed by atoms with E-state index in [1.807, 2.05) is 30.3 Å². The number of phenolic OH excluding ortho intramolecular Hbond substituents is 2. The third-order valence-electron chi connectivity index (χ3n) is 3.97. The number of hydrogen-bond donors (Lipinski definition) is 4. The van der Waals surface area contributed by atoms with Gasteiger partial charge in [0, 0.05) is 29.7 Å². The molecular weight excluding hydrogens is 382 g/mol. The first-order valence-corrected chi connectivity index (χ1v) is 8.97. The van der Waals surface area contributed by atoms with Crippen LogP contribution in [0.1, 0.15) is 5.56 Å². The number of nitrogens with one attached hydrogen (secondary N) is 2. The first-order valence-electron chi connectivity index (χ1n) is 8.97. The van der Waals surface area contributed by atoms with Crippen LogP contribution in [0.4, 0.5) is 17.6 Å². The van der Waals surface area contributed by atoms with Crippen molar-refractivity contribution in [2.45, 2.75) is 0 Å². The Balaban J connectivity index is 1.62. The zero-order valence-electron chi connectivity index (χ0n) is 15.6. The van der Waals surface area contributed by atoms with Crippen molar-refractivity contribution in [3.8, 4) is 23.0 Å². The van der Waals surface area contributed by atoms with E-state index in [-0.39, 0.29) is 17.4 Å². The van der Waals surface area contributed by atoms with Crippen molar-refractivity contribution in [1.29, 1.82) is 0 Å². The van der Waals surface area contributed by atoms with Gasteiger partial charge in [0.15, 0.2) is 5.82 Å². The maximum atomic E-state index is 9.89. The molecule has 9 heteroatoms. The molecule has 0 radical (unpaired) electrons. The number of benzene rings is 2. The Kier molecular flexibility index (Phi) is 5.43. The summed E-state index contributed by atoms with van der Waals surface area (Å²) in [6.07, 6.45) is 6.24. The Morgan fingerprint density at radius 1 is 0.867 bits per heavy atom. The van der Waals surface area contributed by atoms with Gasteiger partial charge in [-0.05, 0) is 36.4 Å². The van der Waals surface area contributed by atoms with Crippen molar-refractivity contribution < 1.29 is 10.2 Å². The standard InChI is InChI=1S/C21H17N7O2/c29-16-7-6-14(18(30)12-16)8-11-23-20-26-19(17-9-10-22-13-24-17)27-21(28-20)25-15-4-2-1-3-5-15/h1-13,29-30H,(H2,23,25,26,27,28)/b11-8+. The van der Waals surface area contributed by atoms with Crippen molar-refractivity contribution in [3.63, 3.8) is 0 Å². The van der Waals surface area contributed by atoms with Crippen molar-refractivity contribution in [1.82, 2.24) is 24.9 Å². The molecule has 0 aliphatic rings. The molecule has 0 atom stereocenters. The highest BCUT2D eigenvalue weighted by Crippen LogP contribution is 2.24. The molecule has 0 saturated carbocycles. The smallest absolute Gasteiger partial charge is 0.232 e. The van der Waals surface area contributed by atoms with E-state index in [2.05, 4.69) is 35.6 Å². The van der Waals surface area contributed by atoms with Crippen LogP contribution < -0.4 is 10.6 Å². The zero-order valence-corrected chi connectivity index (χ0v) is 15.6. The summed E-state index contributed by atoms with van der Waals surface area (Å²) in [4.78, 5) is 21.3. The fourth-order valence-electron chi connectivity index (χ4n) is 2.56. The number of hydrogen-bond acceptors (Lipinski definition) is 9. The Morgan fingerprint density at radius 3 is 2.47 bits per heavy atom. The summed E-state index contributed by atoms with van der Waals surface area (Å²) < 4.78 is 0. The van der Waals surface area contributed by atoms with Crippen LogP contribution in [0.15, 0.2) is 73.3 Å². The molecule has 2 aromatic carbocycles. The average molecular weight is 399 g/mol. The van der Waals surface area contributed by atoms with Crippen LogP contribution in [0.5, 0.6) is 11.5 Å². The molecule has 148 valence electrons. The number of para-hydroxylation sites is 1. The summed E-state index contributed by atoms with van der Waals surface area (Å²) in [5, 5.41) is 25.4. The van der Waals surface area contributed by atoms with E-state index in [0.29, 0.717) is 23.0 Å². The number of anilines is 3. The number of aromatic nitrogens is 5. The lowest BCUT2D eigenvalue weighted by atomic mass is 10.2. The fraction of sp³-hybridized carbons (Fsp3) is 0. The first kappa shape index (κ1) is 18.8. The van der Waals surface area contributed by atoms with Crippen LogP contribution in [0.3, 0.4) is 0 Å². The highest BCUT2D eigenvalue weighted by Gasteiger charge is 2.09. The van der Waals surface area contributed by atoms with Crippen LogP contribution in [-0.4, -0.2) is 35.1 Å². The monoisotopic (exact) mass is 399 g/mol. The number of phenols is 2. The van der Waals surface area contributed by atoms with Gasteiger partial charge < -0.3 is 20.8 Å². The van der Waals surface area contributed by atoms with Gasteiger partial charge in [-0.3, -0.25) is 0 Å². The average Bonchev–Trinajstić information content (AvgIpc) is 2.76. The van der Waals surface area contributed by atoms with E-state index >= 15 is 0 Å². The second-order valence-electron chi connectivity index (χ2n) is 6.11. The van der Waals surface area contributed by atoms with Crippen LogP contribution >= 0.6 is 0 Å². The summed E-state index contributed by atoms with van der Waals surface area (Å²) in [7, 11) is 0. The molecular formula is C21H17N7O2. The van der Waals surface area contributed by atoms with Gasteiger partial charge in [-0.2, -0.15) is 15.0 Å². The molecule has 0 aliphatic carbocycles. The lowest BCUT2D eigenvalue weighted by Gasteiger charge is -2.08. The molecule has 0 spiro atoms. The van der Waals surface area contributed by atoms with E-state index in [4.69, 9.17) is 0 Å². The Labute approximate surface area is 171 Å². The van der Waals surface area contributed by atoms with E-state index < -0.39 is 0 Å². The first-order chi connectivity index (χ1) is 14.7. The molecule has 0 saturated heterocycles. The Morgan fingerprint density at radius 2 is 1.70 bits per heavy atom. The Hall–Kier alpha value is -4.53. The molecule has 30 heavy (non-hydrogen) atoms. The molecule has 4 N–H and O–H groups in total. The van der Waals surface area contributed by atoms with Gasteiger partial charge in [0.05, 0.1) is 0 Å². The summed E-state index contributed by atoms with van der Waals surface area (Å²) in [6, 6.07) is 15.6. The van der Waals surface area contributed by atoms with Crippen molar-refractivity contribution >= 4 is 23.7 Å². The fourth-order valence-corrected chi connectivity index (χ4v) is 2.56. The topological polar surface area (TPSA) is 129 Å². The van der Waals surface area contributed by atoms with Gasteiger partial charge in [0.1, 0.15) is 23.5 Å². The zero-order chi connectivity index (χ0) is 20.8. The quantitative estimate of drug-likeness (QED) is 0.384. The molecule has 0 aliphatic heterocycles. The van der Waals surface area contributed by atoms with Crippen molar-refractivity contribution in [3.05, 3.63) is 78.9 Å². The molecule has 0 fully saturated rings. The predicted molar refractivity (Wildman–Crippen MR) is 113 cm³/mol. The number of rotatable bonds is 6. The third kappa shape index (κ3) is 4.65. The van der Waals surface area contributed by atoms with Crippen molar-refractivity contribution in [2.75, 3.05) is 10.6 Å². The lowest BCUT2D eigenvalue weighted by Crippen LogP contribution is -2.05. The minimum absolute atomic E-state index is 0.0128. The molecule has 0 bridgehead atoms. The summed E-state index contributed by atoms with van der Waals surface area (Å²) in [5.41, 5.74) is 1.90. The SMILES string of the molecule is Oc1ccc(/C=C/Nc2nc(Nc3ccccc3)nc(-c3ccncn3)n2)c(O)c1. The number of nitrogens with zero attached hydrogens (tertiary/aromatic N) is 5. The van der Waals surface area contributed by atoms with E-state index in [1.165, 1.54) is 18.5 Å². The van der Waals surface area contributed by atoms with Crippen LogP contribution in [0.25, 0.3) is 17.6 Å². The highest BCUT2D eigenvalue weighted by molar-refractivity contribution is 5.62. The summed E-state index contributed by atoms with van der Waals surface area (Å²) in [6.45, 7) is 0. The molecule has 2 aromatic heterocycles. The Bertz CT molecular complexity index is 1170. The molecule has 9 nitrogen and oxygen atoms in total. The molecule has 4 rings (SSSR count). The second kappa shape index (κ2) is 8.65. The maximum Gasteiger partial charge on any atom is 0.232 e. The minimum atomic E-state index is -0.0446. The van der Waals surface area contributed by atoms with E-state index in [0.717, 1.165) is 5.69 Å². The summed E-state index contributed by atoms with van der Waals surface area (Å²) in [5.74, 6) is 0.937. The molecule has 2 heterocycles. The normalized spacial score (nSPS) is 10.8. The minimum Gasteiger partial charge on any atom is -0.508 e. The van der Waals surface area contributed by atoms with E-state index in [1.54, 1.807) is 30.6 Å². The molecule has 4 aromatic rings. The van der Waals surface area contributed by atoms with Gasteiger partial charge in [-0.25, -0.2) is 9.97 Å². The largest absolute Gasteiger partial charge is 0.508 e. The van der Waals surface area contributed by atoms with Crippen LogP contribution in [0, 0.1) is 0 Å². The predicted octanol–water partition coefficient (Wildman–Crippen LogP) is 3.57. The van der Waals surface area contributed by atoms with Crippen LogP contribution in [0.2, 0.25) is 0 Å². The van der Waals surface area contributed by atoms with Gasteiger partial charge in [-0.1, -0.05) is 18.2 Å². The molecule has 0 unspecified atom stereocenters. The summed E-state index contributed by atoms with van der Waals surface area (Å²) >= 11 is 0. The number of aromatic hydroxyl groups is 2. The highest BCUT2D eigenvalue weighted by atomic mass is 16.3. The van der Waals surface area contributed by atoms with Crippen molar-refractivity contribution in [2.24, 2.45) is 0 Å². The lowest BCUT2D eigenvalue weighted by molar-refractivity contribution is 0.450. The van der Waals surface area contributed by atoms with Gasteiger partial charge >= 0.3 is 0 Å². The van der Waals surface area contributed by atoms with Gasteiger partial charge in [0.2, 0.25) is 11.9 Å². The van der Waals surface area contributed by atoms with Gasteiger partial charge in [-0.15, -0.1) is 0 Å². The molecule has 0 amide bonds. The van der Waals surface area contributed by atoms with E-state index in [9.17, 15) is 10.2 Å².